The second-order valence-corrected chi connectivity index (χ2v) is 8.34. The van der Waals surface area contributed by atoms with Crippen LogP contribution in [0.3, 0.4) is 0 Å². The number of ether oxygens (including phenoxy) is 1. The number of rotatable bonds is 7. The van der Waals surface area contributed by atoms with Gasteiger partial charge in [0.05, 0.1) is 12.0 Å². The molecule has 0 aromatic heterocycles. The number of nitrogens with zero attached hydrogens (tertiary/aromatic N) is 1. The maximum Gasteiger partial charge on any atom is 0.240 e. The first-order valence-electron chi connectivity index (χ1n) is 8.70. The van der Waals surface area contributed by atoms with Crippen LogP contribution >= 0.6 is 0 Å². The molecule has 0 spiro atoms. The number of hydrogen-bond donors (Lipinski definition) is 1. The second-order valence-electron chi connectivity index (χ2n) is 6.58. The van der Waals surface area contributed by atoms with Gasteiger partial charge >= 0.3 is 0 Å². The van der Waals surface area contributed by atoms with Gasteiger partial charge in [0, 0.05) is 12.6 Å². The molecule has 0 unspecified atom stereocenters. The standard InChI is InChI=1S/C21H24N2O3S/c1-23(2)21(20-10-6-8-16-7-4-5-9-19(16)20)15-22-27(24,25)18-13-11-17(26-3)12-14-18/h4-14,21-22H,15H2,1-3H3/t21-/m0/s1. The molecule has 0 fully saturated rings. The Bertz CT molecular complexity index is 1010. The first-order valence-corrected chi connectivity index (χ1v) is 10.2. The Labute approximate surface area is 160 Å². The van der Waals surface area contributed by atoms with Gasteiger partial charge in [0.1, 0.15) is 5.75 Å². The van der Waals surface area contributed by atoms with Crippen molar-refractivity contribution in [2.45, 2.75) is 10.9 Å². The van der Waals surface area contributed by atoms with Gasteiger partial charge in [-0.25, -0.2) is 13.1 Å². The van der Waals surface area contributed by atoms with Gasteiger partial charge in [0.25, 0.3) is 0 Å². The Morgan fingerprint density at radius 2 is 1.63 bits per heavy atom. The molecule has 3 aromatic carbocycles. The van der Waals surface area contributed by atoms with Crippen molar-refractivity contribution in [1.82, 2.24) is 9.62 Å². The van der Waals surface area contributed by atoms with E-state index in [1.807, 2.05) is 37.2 Å². The summed E-state index contributed by atoms with van der Waals surface area (Å²) >= 11 is 0. The number of methoxy groups -OCH3 is 1. The van der Waals surface area contributed by atoms with E-state index in [1.165, 1.54) is 0 Å². The third kappa shape index (κ3) is 4.30. The van der Waals surface area contributed by atoms with Crippen LogP contribution in [-0.2, 0) is 10.0 Å². The zero-order chi connectivity index (χ0) is 19.4. The molecule has 1 N–H and O–H groups in total. The summed E-state index contributed by atoms with van der Waals surface area (Å²) in [6.45, 7) is 0.273. The number of hydrogen-bond acceptors (Lipinski definition) is 4. The van der Waals surface area contributed by atoms with Gasteiger partial charge in [-0.3, -0.25) is 0 Å². The van der Waals surface area contributed by atoms with E-state index < -0.39 is 10.0 Å². The molecular weight excluding hydrogens is 360 g/mol. The van der Waals surface area contributed by atoms with Crippen molar-refractivity contribution in [3.8, 4) is 5.75 Å². The Hall–Kier alpha value is -2.41. The fourth-order valence-corrected chi connectivity index (χ4v) is 4.18. The minimum absolute atomic E-state index is 0.0934. The summed E-state index contributed by atoms with van der Waals surface area (Å²) in [4.78, 5) is 2.25. The molecule has 0 saturated heterocycles. The van der Waals surface area contributed by atoms with E-state index in [0.29, 0.717) is 5.75 Å². The quantitative estimate of drug-likeness (QED) is 0.678. The molecule has 0 amide bonds. The highest BCUT2D eigenvalue weighted by molar-refractivity contribution is 7.89. The van der Waals surface area contributed by atoms with Gasteiger partial charge in [-0.2, -0.15) is 0 Å². The Balaban J connectivity index is 1.86. The molecule has 27 heavy (non-hydrogen) atoms. The van der Waals surface area contributed by atoms with Crippen LogP contribution in [0.25, 0.3) is 10.8 Å². The largest absolute Gasteiger partial charge is 0.497 e. The molecule has 0 saturated carbocycles. The average molecular weight is 385 g/mol. The zero-order valence-electron chi connectivity index (χ0n) is 15.7. The van der Waals surface area contributed by atoms with Crippen molar-refractivity contribution in [3.63, 3.8) is 0 Å². The molecule has 0 radical (unpaired) electrons. The molecule has 0 aliphatic carbocycles. The number of likely N-dealkylation sites (N-methyl/N-ethyl adjacent to an activating group) is 1. The molecule has 0 aliphatic heterocycles. The van der Waals surface area contributed by atoms with E-state index in [1.54, 1.807) is 31.4 Å². The molecule has 0 heterocycles. The smallest absolute Gasteiger partial charge is 0.240 e. The van der Waals surface area contributed by atoms with Crippen molar-refractivity contribution in [3.05, 3.63) is 72.3 Å². The van der Waals surface area contributed by atoms with E-state index in [4.69, 9.17) is 4.74 Å². The lowest BCUT2D eigenvalue weighted by molar-refractivity contribution is 0.301. The minimum atomic E-state index is -3.61. The molecule has 5 nitrogen and oxygen atoms in total. The van der Waals surface area contributed by atoms with Crippen molar-refractivity contribution in [2.75, 3.05) is 27.7 Å². The van der Waals surface area contributed by atoms with Crippen LogP contribution in [-0.4, -0.2) is 41.1 Å². The molecule has 142 valence electrons. The maximum absolute atomic E-state index is 12.7. The fourth-order valence-electron chi connectivity index (χ4n) is 3.14. The molecule has 0 aliphatic rings. The lowest BCUT2D eigenvalue weighted by atomic mass is 9.98. The monoisotopic (exact) mass is 384 g/mol. The highest BCUT2D eigenvalue weighted by Crippen LogP contribution is 2.27. The topological polar surface area (TPSA) is 58.6 Å². The van der Waals surface area contributed by atoms with Crippen LogP contribution in [0, 0.1) is 0 Å². The lowest BCUT2D eigenvalue weighted by Crippen LogP contribution is -2.34. The van der Waals surface area contributed by atoms with Crippen molar-refractivity contribution in [1.29, 1.82) is 0 Å². The lowest BCUT2D eigenvalue weighted by Gasteiger charge is -2.26. The van der Waals surface area contributed by atoms with Crippen molar-refractivity contribution >= 4 is 20.8 Å². The van der Waals surface area contributed by atoms with Crippen LogP contribution in [0.5, 0.6) is 5.75 Å². The average Bonchev–Trinajstić information content (AvgIpc) is 2.68. The summed E-state index contributed by atoms with van der Waals surface area (Å²) in [6.07, 6.45) is 0. The van der Waals surface area contributed by atoms with Gasteiger partial charge in [-0.15, -0.1) is 0 Å². The summed E-state index contributed by atoms with van der Waals surface area (Å²) in [7, 11) is 1.85. The minimum Gasteiger partial charge on any atom is -0.497 e. The molecule has 6 heteroatoms. The van der Waals surface area contributed by atoms with E-state index in [-0.39, 0.29) is 17.5 Å². The van der Waals surface area contributed by atoms with Crippen LogP contribution in [0.4, 0.5) is 0 Å². The SMILES string of the molecule is COc1ccc(S(=O)(=O)NC[C@@H](c2cccc3ccccc23)N(C)C)cc1. The Morgan fingerprint density at radius 3 is 2.30 bits per heavy atom. The number of benzene rings is 3. The fraction of sp³-hybridized carbons (Fsp3) is 0.238. The highest BCUT2D eigenvalue weighted by atomic mass is 32.2. The third-order valence-electron chi connectivity index (χ3n) is 4.64. The normalized spacial score (nSPS) is 13.0. The predicted molar refractivity (Wildman–Crippen MR) is 109 cm³/mol. The van der Waals surface area contributed by atoms with Crippen LogP contribution < -0.4 is 9.46 Å². The Morgan fingerprint density at radius 1 is 0.963 bits per heavy atom. The molecule has 3 rings (SSSR count). The zero-order valence-corrected chi connectivity index (χ0v) is 16.5. The van der Waals surface area contributed by atoms with Crippen LogP contribution in [0.15, 0.2) is 71.6 Å². The van der Waals surface area contributed by atoms with E-state index in [9.17, 15) is 8.42 Å². The van der Waals surface area contributed by atoms with Gasteiger partial charge in [0.15, 0.2) is 0 Å². The van der Waals surface area contributed by atoms with Crippen molar-refractivity contribution < 1.29 is 13.2 Å². The summed E-state index contributed by atoms with van der Waals surface area (Å²) in [6, 6.07) is 20.5. The second kappa shape index (κ2) is 8.08. The first-order chi connectivity index (χ1) is 12.9. The van der Waals surface area contributed by atoms with E-state index >= 15 is 0 Å². The van der Waals surface area contributed by atoms with E-state index in [0.717, 1.165) is 16.3 Å². The molecule has 3 aromatic rings. The van der Waals surface area contributed by atoms with E-state index in [2.05, 4.69) is 29.0 Å². The summed E-state index contributed by atoms with van der Waals surface area (Å²) in [5, 5.41) is 2.27. The number of fused-ring (bicyclic) bond motifs is 1. The molecular formula is C21H24N2O3S. The van der Waals surface area contributed by atoms with Gasteiger partial charge in [0.2, 0.25) is 10.0 Å². The number of nitrogens with one attached hydrogen (secondary N) is 1. The maximum atomic E-state index is 12.7. The number of sulfonamides is 1. The summed E-state index contributed by atoms with van der Waals surface area (Å²) < 4.78 is 33.2. The van der Waals surface area contributed by atoms with Crippen LogP contribution in [0.2, 0.25) is 0 Å². The van der Waals surface area contributed by atoms with Gasteiger partial charge in [-0.05, 0) is 54.7 Å². The summed E-state index contributed by atoms with van der Waals surface area (Å²) in [5.74, 6) is 0.621. The predicted octanol–water partition coefficient (Wildman–Crippen LogP) is 3.43. The van der Waals surface area contributed by atoms with Crippen LogP contribution in [0.1, 0.15) is 11.6 Å². The molecule has 0 bridgehead atoms. The Kier molecular flexibility index (Phi) is 5.79. The third-order valence-corrected chi connectivity index (χ3v) is 6.08. The summed E-state index contributed by atoms with van der Waals surface area (Å²) in [5.41, 5.74) is 1.09. The first kappa shape index (κ1) is 19.4. The van der Waals surface area contributed by atoms with Gasteiger partial charge in [-0.1, -0.05) is 42.5 Å². The molecule has 1 atom stereocenters. The highest BCUT2D eigenvalue weighted by Gasteiger charge is 2.21. The van der Waals surface area contributed by atoms with Gasteiger partial charge < -0.3 is 9.64 Å². The van der Waals surface area contributed by atoms with Crippen molar-refractivity contribution in [2.24, 2.45) is 0 Å².